The summed E-state index contributed by atoms with van der Waals surface area (Å²) in [5.74, 6) is -1.12. The van der Waals surface area contributed by atoms with Crippen molar-refractivity contribution in [2.24, 2.45) is 7.05 Å². The fraction of sp³-hybridized carbons (Fsp3) is 0.190. The van der Waals surface area contributed by atoms with E-state index in [4.69, 9.17) is 0 Å². The summed E-state index contributed by atoms with van der Waals surface area (Å²) in [5, 5.41) is 6.56. The molecule has 0 aliphatic heterocycles. The van der Waals surface area contributed by atoms with E-state index in [0.717, 1.165) is 12.3 Å². The van der Waals surface area contributed by atoms with Crippen LogP contribution in [0, 0.1) is 19.7 Å². The molecule has 0 saturated carbocycles. The van der Waals surface area contributed by atoms with Gasteiger partial charge in [-0.1, -0.05) is 0 Å². The normalized spacial score (nSPS) is 11.7. The van der Waals surface area contributed by atoms with Gasteiger partial charge in [0.05, 0.1) is 17.3 Å². The number of aromatic nitrogens is 5. The maximum atomic E-state index is 15.1. The zero-order valence-corrected chi connectivity index (χ0v) is 17.1. The molecule has 11 heteroatoms. The van der Waals surface area contributed by atoms with Crippen LogP contribution < -0.4 is 5.32 Å². The molecule has 0 saturated heterocycles. The van der Waals surface area contributed by atoms with Crippen LogP contribution in [0.25, 0.3) is 22.4 Å². The summed E-state index contributed by atoms with van der Waals surface area (Å²) < 4.78 is 55.5. The summed E-state index contributed by atoms with van der Waals surface area (Å²) in [6, 6.07) is 5.32. The lowest BCUT2D eigenvalue weighted by Crippen LogP contribution is -2.17. The molecule has 0 aliphatic rings. The number of alkyl halides is 3. The Hall–Kier alpha value is -3.89. The Morgan fingerprint density at radius 2 is 1.88 bits per heavy atom. The number of rotatable bonds is 3. The first kappa shape index (κ1) is 21.3. The van der Waals surface area contributed by atoms with Gasteiger partial charge < -0.3 is 5.32 Å². The van der Waals surface area contributed by atoms with E-state index in [0.29, 0.717) is 5.69 Å². The Kier molecular flexibility index (Phi) is 5.11. The van der Waals surface area contributed by atoms with Gasteiger partial charge in [0.2, 0.25) is 0 Å². The van der Waals surface area contributed by atoms with E-state index in [1.165, 1.54) is 42.9 Å². The van der Waals surface area contributed by atoms with Crippen LogP contribution in [0.2, 0.25) is 0 Å². The summed E-state index contributed by atoms with van der Waals surface area (Å²) in [6.07, 6.45) is -2.00. The maximum Gasteiger partial charge on any atom is 0.433 e. The Balaban J connectivity index is 1.71. The van der Waals surface area contributed by atoms with Crippen molar-refractivity contribution in [3.63, 3.8) is 0 Å². The number of halogens is 4. The number of anilines is 1. The van der Waals surface area contributed by atoms with Gasteiger partial charge in [-0.25, -0.2) is 19.3 Å². The largest absolute Gasteiger partial charge is 0.433 e. The van der Waals surface area contributed by atoms with Crippen molar-refractivity contribution in [3.05, 3.63) is 65.0 Å². The van der Waals surface area contributed by atoms with Gasteiger partial charge in [0.25, 0.3) is 5.91 Å². The van der Waals surface area contributed by atoms with Gasteiger partial charge >= 0.3 is 6.18 Å². The fourth-order valence-electron chi connectivity index (χ4n) is 3.23. The van der Waals surface area contributed by atoms with Gasteiger partial charge in [-0.2, -0.15) is 18.3 Å². The summed E-state index contributed by atoms with van der Waals surface area (Å²) in [7, 11) is 1.61. The van der Waals surface area contributed by atoms with E-state index in [2.05, 4.69) is 25.4 Å². The van der Waals surface area contributed by atoms with E-state index < -0.39 is 23.6 Å². The number of fused-ring (bicyclic) bond motifs is 1. The number of nitrogens with one attached hydrogen (secondary N) is 1. The number of nitrogens with zero attached hydrogens (tertiary/aromatic N) is 5. The SMILES string of the molecule is Cc1c(NC(=O)c2ccnn2C)ccc(-c2ncc3nc(C(F)(F)F)cc(C)c3n2)c1F. The van der Waals surface area contributed by atoms with Crippen LogP contribution in [0.1, 0.15) is 27.3 Å². The first-order valence-corrected chi connectivity index (χ1v) is 9.36. The van der Waals surface area contributed by atoms with Crippen molar-refractivity contribution in [1.29, 1.82) is 0 Å². The molecule has 3 aromatic heterocycles. The minimum atomic E-state index is -4.60. The predicted molar refractivity (Wildman–Crippen MR) is 108 cm³/mol. The number of amides is 1. The molecule has 0 unspecified atom stereocenters. The Bertz CT molecular complexity index is 1360. The number of pyridine rings is 1. The first-order valence-electron chi connectivity index (χ1n) is 9.36. The molecule has 0 fully saturated rings. The van der Waals surface area contributed by atoms with Crippen LogP contribution in [0.5, 0.6) is 0 Å². The van der Waals surface area contributed by atoms with Gasteiger partial charge in [0.1, 0.15) is 22.7 Å². The first-order chi connectivity index (χ1) is 15.1. The standard InChI is InChI=1S/C21H16F4N6O/c1-10-8-16(21(23,24)25)28-14-9-26-19(30-18(10)14)12-4-5-13(11(2)17(12)22)29-20(32)15-6-7-27-31(15)3/h4-9H,1-3H3,(H,29,32). The molecule has 0 spiro atoms. The molecule has 4 aromatic rings. The minimum absolute atomic E-state index is 0.00716. The van der Waals surface area contributed by atoms with Crippen molar-refractivity contribution < 1.29 is 22.4 Å². The lowest BCUT2D eigenvalue weighted by molar-refractivity contribution is -0.141. The summed E-state index contributed by atoms with van der Waals surface area (Å²) in [6.45, 7) is 2.95. The van der Waals surface area contributed by atoms with Gasteiger partial charge in [-0.15, -0.1) is 0 Å². The van der Waals surface area contributed by atoms with Crippen LogP contribution in [0.15, 0.2) is 36.7 Å². The molecule has 3 heterocycles. The second-order valence-electron chi connectivity index (χ2n) is 7.14. The molecule has 1 amide bonds. The van der Waals surface area contributed by atoms with Gasteiger partial charge in [-0.05, 0) is 43.7 Å². The van der Waals surface area contributed by atoms with E-state index in [1.807, 2.05) is 0 Å². The van der Waals surface area contributed by atoms with Crippen LogP contribution in [-0.4, -0.2) is 30.6 Å². The highest BCUT2D eigenvalue weighted by atomic mass is 19.4. The zero-order chi connectivity index (χ0) is 23.2. The minimum Gasteiger partial charge on any atom is -0.320 e. The van der Waals surface area contributed by atoms with Gasteiger partial charge in [0, 0.05) is 24.5 Å². The highest BCUT2D eigenvalue weighted by molar-refractivity contribution is 6.03. The second-order valence-corrected chi connectivity index (χ2v) is 7.14. The smallest absolute Gasteiger partial charge is 0.320 e. The number of aryl methyl sites for hydroxylation is 2. The molecule has 0 aliphatic carbocycles. The zero-order valence-electron chi connectivity index (χ0n) is 17.1. The number of carbonyl (C=O) groups excluding carboxylic acids is 1. The van der Waals surface area contributed by atoms with Crippen LogP contribution in [0.4, 0.5) is 23.2 Å². The monoisotopic (exact) mass is 444 g/mol. The molecule has 4 rings (SSSR count). The molecule has 1 N–H and O–H groups in total. The third-order valence-electron chi connectivity index (χ3n) is 4.96. The number of carbonyl (C=O) groups is 1. The Morgan fingerprint density at radius 3 is 2.53 bits per heavy atom. The van der Waals surface area contributed by atoms with Crippen molar-refractivity contribution in [2.45, 2.75) is 20.0 Å². The van der Waals surface area contributed by atoms with Crippen LogP contribution >= 0.6 is 0 Å². The van der Waals surface area contributed by atoms with Crippen molar-refractivity contribution in [3.8, 4) is 11.4 Å². The molecule has 0 atom stereocenters. The topological polar surface area (TPSA) is 85.6 Å². The van der Waals surface area contributed by atoms with E-state index in [-0.39, 0.29) is 39.2 Å². The highest BCUT2D eigenvalue weighted by Crippen LogP contribution is 2.32. The Morgan fingerprint density at radius 1 is 1.12 bits per heavy atom. The molecule has 164 valence electrons. The number of benzene rings is 1. The Labute approximate surface area is 179 Å². The third-order valence-corrected chi connectivity index (χ3v) is 4.96. The fourth-order valence-corrected chi connectivity index (χ4v) is 3.23. The third kappa shape index (κ3) is 3.77. The summed E-state index contributed by atoms with van der Waals surface area (Å²) >= 11 is 0. The summed E-state index contributed by atoms with van der Waals surface area (Å²) in [5.41, 5.74) is 0.0922. The van der Waals surface area contributed by atoms with Gasteiger partial charge in [-0.3, -0.25) is 9.48 Å². The maximum absolute atomic E-state index is 15.1. The summed E-state index contributed by atoms with van der Waals surface area (Å²) in [4.78, 5) is 24.2. The van der Waals surface area contributed by atoms with Crippen LogP contribution in [0.3, 0.4) is 0 Å². The molecule has 0 bridgehead atoms. The number of hydrogen-bond acceptors (Lipinski definition) is 5. The number of hydrogen-bond donors (Lipinski definition) is 1. The van der Waals surface area contributed by atoms with E-state index in [1.54, 1.807) is 7.05 Å². The predicted octanol–water partition coefficient (Wildman–Crippen LogP) is 4.45. The highest BCUT2D eigenvalue weighted by Gasteiger charge is 2.33. The molecular weight excluding hydrogens is 428 g/mol. The molecule has 0 radical (unpaired) electrons. The lowest BCUT2D eigenvalue weighted by atomic mass is 10.1. The van der Waals surface area contributed by atoms with E-state index >= 15 is 4.39 Å². The van der Waals surface area contributed by atoms with Crippen molar-refractivity contribution in [1.82, 2.24) is 24.7 Å². The lowest BCUT2D eigenvalue weighted by Gasteiger charge is -2.13. The second kappa shape index (κ2) is 7.66. The quantitative estimate of drug-likeness (QED) is 0.472. The molecular formula is C21H16F4N6O. The van der Waals surface area contributed by atoms with Crippen LogP contribution in [-0.2, 0) is 13.2 Å². The van der Waals surface area contributed by atoms with Crippen molar-refractivity contribution in [2.75, 3.05) is 5.32 Å². The van der Waals surface area contributed by atoms with E-state index in [9.17, 15) is 18.0 Å². The average Bonchev–Trinajstić information content (AvgIpc) is 3.17. The van der Waals surface area contributed by atoms with Crippen molar-refractivity contribution >= 4 is 22.6 Å². The molecule has 32 heavy (non-hydrogen) atoms. The average molecular weight is 444 g/mol. The van der Waals surface area contributed by atoms with Gasteiger partial charge in [0.15, 0.2) is 5.82 Å². The molecule has 1 aromatic carbocycles. The molecule has 7 nitrogen and oxygen atoms in total.